The van der Waals surface area contributed by atoms with Crippen molar-refractivity contribution in [2.24, 2.45) is 0 Å². The van der Waals surface area contributed by atoms with Crippen LogP contribution in [-0.2, 0) is 26.2 Å². The number of hydrogen-bond donors (Lipinski definition) is 0. The van der Waals surface area contributed by atoms with Gasteiger partial charge in [0.25, 0.3) is 0 Å². The molecule has 0 spiro atoms. The number of benzene rings is 2. The SMILES string of the molecule is C=C1c2ccccc2C2=CC([Si](=O)[N+](C)(C)C(C)(C)C)C=C2c2ccccc21.[CH3-].[CH3-].[Ti+2]. The molecule has 0 saturated heterocycles. The molecule has 0 heterocycles. The number of quaternary nitrogens is 1. The van der Waals surface area contributed by atoms with E-state index in [1.54, 1.807) is 0 Å². The number of allylic oxidation sites excluding steroid dienone is 4. The molecule has 2 aromatic rings. The Morgan fingerprint density at radius 1 is 0.806 bits per heavy atom. The Hall–Kier alpha value is -1.65. The summed E-state index contributed by atoms with van der Waals surface area (Å²) in [6, 6.07) is 16.9. The molecule has 2 nitrogen and oxygen atoms in total. The summed E-state index contributed by atoms with van der Waals surface area (Å²) in [5.74, 6) is 0. The molecule has 4 heteroatoms. The van der Waals surface area contributed by atoms with Crippen molar-refractivity contribution < 1.29 is 30.3 Å². The molecule has 31 heavy (non-hydrogen) atoms. The van der Waals surface area contributed by atoms with E-state index in [9.17, 15) is 4.46 Å². The molecule has 0 bridgehead atoms. The Labute approximate surface area is 205 Å². The van der Waals surface area contributed by atoms with Gasteiger partial charge in [0.15, 0.2) is 0 Å². The van der Waals surface area contributed by atoms with Crippen molar-refractivity contribution in [3.63, 3.8) is 0 Å². The van der Waals surface area contributed by atoms with Crippen LogP contribution in [0.2, 0.25) is 5.54 Å². The minimum atomic E-state index is -1.97. The first-order valence-electron chi connectivity index (χ1n) is 9.84. The van der Waals surface area contributed by atoms with Crippen molar-refractivity contribution in [2.45, 2.75) is 31.9 Å². The molecule has 0 atom stereocenters. The standard InChI is InChI=1S/C25H28NOSi.2CH3.Ti/c1-17-19-11-7-9-13-21(19)23-15-18(28(27)26(5,6)25(2,3)4)16-24(23)22-14-10-8-12-20(17)22;;;/h7-16,18H,1H2,2-6H3;2*1H3;/q+1;2*-1;+2. The third kappa shape index (κ3) is 4.34. The summed E-state index contributed by atoms with van der Waals surface area (Å²) in [5, 5.41) is 0. The van der Waals surface area contributed by atoms with Crippen molar-refractivity contribution in [1.29, 1.82) is 0 Å². The maximum Gasteiger partial charge on any atom is 2.00 e. The molecule has 2 aliphatic carbocycles. The number of hydrogen-bond acceptors (Lipinski definition) is 1. The van der Waals surface area contributed by atoms with Gasteiger partial charge in [0.1, 0.15) is 0 Å². The average Bonchev–Trinajstić information content (AvgIpc) is 3.07. The minimum absolute atomic E-state index is 0. The summed E-state index contributed by atoms with van der Waals surface area (Å²) in [6.45, 7) is 10.9. The fourth-order valence-corrected chi connectivity index (χ4v) is 6.03. The van der Waals surface area contributed by atoms with Gasteiger partial charge in [-0.25, -0.2) is 0 Å². The quantitative estimate of drug-likeness (QED) is 0.361. The summed E-state index contributed by atoms with van der Waals surface area (Å²) < 4.78 is 14.2. The predicted octanol–water partition coefficient (Wildman–Crippen LogP) is 6.60. The third-order valence-corrected chi connectivity index (χ3v) is 9.26. The van der Waals surface area contributed by atoms with E-state index < -0.39 is 8.84 Å². The minimum Gasteiger partial charge on any atom is -0.358 e. The van der Waals surface area contributed by atoms with Crippen LogP contribution in [0, 0.1) is 14.9 Å². The maximum atomic E-state index is 13.7. The molecule has 0 aromatic heterocycles. The molecule has 0 aliphatic heterocycles. The van der Waals surface area contributed by atoms with E-state index in [0.717, 1.165) is 16.7 Å². The summed E-state index contributed by atoms with van der Waals surface area (Å²) >= 11 is 0. The van der Waals surface area contributed by atoms with Gasteiger partial charge in [0.05, 0.1) is 25.2 Å². The molecule has 0 radical (unpaired) electrons. The monoisotopic (exact) mass is 464 g/mol. The van der Waals surface area contributed by atoms with E-state index in [0.29, 0.717) is 4.15 Å². The Kier molecular flexibility index (Phi) is 8.36. The zero-order valence-corrected chi connectivity index (χ0v) is 22.5. The predicted molar refractivity (Wildman–Crippen MR) is 132 cm³/mol. The zero-order chi connectivity index (χ0) is 20.3. The molecule has 0 fully saturated rings. The molecular weight excluding hydrogens is 430 g/mol. The number of nitrogens with zero attached hydrogens (tertiary/aromatic N) is 1. The van der Waals surface area contributed by atoms with E-state index in [2.05, 4.69) is 102 Å². The van der Waals surface area contributed by atoms with Crippen molar-refractivity contribution >= 4 is 25.6 Å². The Morgan fingerprint density at radius 2 is 1.16 bits per heavy atom. The van der Waals surface area contributed by atoms with Gasteiger partial charge in [-0.05, 0) is 59.7 Å². The molecule has 4 rings (SSSR count). The van der Waals surface area contributed by atoms with Crippen LogP contribution in [-0.4, -0.2) is 32.6 Å². The van der Waals surface area contributed by atoms with E-state index >= 15 is 0 Å². The number of rotatable bonds is 2. The summed E-state index contributed by atoms with van der Waals surface area (Å²) in [4.78, 5) is 0. The second-order valence-corrected chi connectivity index (χ2v) is 11.7. The third-order valence-electron chi connectivity index (χ3n) is 6.58. The summed E-state index contributed by atoms with van der Waals surface area (Å²) in [6.07, 6.45) is 4.47. The van der Waals surface area contributed by atoms with Gasteiger partial charge in [-0.3, -0.25) is 0 Å². The largest absolute Gasteiger partial charge is 2.00 e. The molecule has 0 amide bonds. The van der Waals surface area contributed by atoms with Gasteiger partial charge in [0.2, 0.25) is 0 Å². The van der Waals surface area contributed by atoms with Gasteiger partial charge in [-0.1, -0.05) is 67.3 Å². The van der Waals surface area contributed by atoms with Crippen molar-refractivity contribution in [1.82, 2.24) is 0 Å². The topological polar surface area (TPSA) is 17.1 Å². The first kappa shape index (κ1) is 27.4. The van der Waals surface area contributed by atoms with E-state index in [4.69, 9.17) is 0 Å². The van der Waals surface area contributed by atoms with Crippen LogP contribution < -0.4 is 0 Å². The Balaban J connectivity index is 0.00000160. The van der Waals surface area contributed by atoms with Crippen LogP contribution in [0.15, 0.2) is 67.3 Å². The Bertz CT molecular complexity index is 1010. The van der Waals surface area contributed by atoms with Crippen LogP contribution in [0.4, 0.5) is 0 Å². The van der Waals surface area contributed by atoms with Crippen LogP contribution in [0.5, 0.6) is 0 Å². The van der Waals surface area contributed by atoms with Crippen LogP contribution in [0.25, 0.3) is 16.7 Å². The van der Waals surface area contributed by atoms with Crippen molar-refractivity contribution in [2.75, 3.05) is 14.1 Å². The Morgan fingerprint density at radius 3 is 1.52 bits per heavy atom. The van der Waals surface area contributed by atoms with Crippen LogP contribution >= 0.6 is 0 Å². The molecule has 0 saturated carbocycles. The van der Waals surface area contributed by atoms with E-state index in [1.807, 2.05) is 0 Å². The van der Waals surface area contributed by atoms with Crippen molar-refractivity contribution in [3.05, 3.63) is 104 Å². The molecule has 0 unspecified atom stereocenters. The van der Waals surface area contributed by atoms with Crippen molar-refractivity contribution in [3.8, 4) is 0 Å². The molecular formula is C27H34NOSiTi+. The second kappa shape index (κ2) is 9.46. The first-order valence-corrected chi connectivity index (χ1v) is 11.3. The number of fused-ring (bicyclic) bond motifs is 5. The van der Waals surface area contributed by atoms with Gasteiger partial charge >= 0.3 is 30.6 Å². The molecule has 0 N–H and O–H groups in total. The molecule has 2 aromatic carbocycles. The maximum absolute atomic E-state index is 13.7. The first-order chi connectivity index (χ1) is 13.1. The fourth-order valence-electron chi connectivity index (χ4n) is 4.01. The molecule has 2 aliphatic rings. The summed E-state index contributed by atoms with van der Waals surface area (Å²) in [7, 11) is 2.21. The second-order valence-electron chi connectivity index (χ2n) is 9.22. The van der Waals surface area contributed by atoms with Gasteiger partial charge < -0.3 is 23.5 Å². The van der Waals surface area contributed by atoms with E-state index in [-0.39, 0.29) is 47.7 Å². The van der Waals surface area contributed by atoms with Gasteiger partial charge in [-0.15, -0.1) is 0 Å². The van der Waals surface area contributed by atoms with Gasteiger partial charge in [0, 0.05) is 0 Å². The van der Waals surface area contributed by atoms with E-state index in [1.165, 1.54) is 22.3 Å². The average molecular weight is 465 g/mol. The smallest absolute Gasteiger partial charge is 0.358 e. The summed E-state index contributed by atoms with van der Waals surface area (Å²) in [5.41, 5.74) is 8.01. The molecule has 160 valence electrons. The normalized spacial score (nSPS) is 14.9. The van der Waals surface area contributed by atoms with Crippen LogP contribution in [0.3, 0.4) is 0 Å². The van der Waals surface area contributed by atoms with Gasteiger partial charge in [-0.2, -0.15) is 0 Å². The van der Waals surface area contributed by atoms with Crippen LogP contribution in [0.1, 0.15) is 43.0 Å². The fraction of sp³-hybridized carbons (Fsp3) is 0.259. The zero-order valence-electron chi connectivity index (χ0n) is 19.9.